The Hall–Kier alpha value is -6.26. The van der Waals surface area contributed by atoms with E-state index in [1.807, 2.05) is 30.5 Å². The van der Waals surface area contributed by atoms with Gasteiger partial charge in [0.05, 0.1) is 5.58 Å². The SMILES string of the molecule is CC(C)(C)c1ccc(-c2[c-]cc(F)cc2)nc1.[2H]C([2H])([2H])c1cnc(-c2[c-]ccc3c2oc2cc4c(ccc5ccccc54)cc23)cc1-c1ccc2c(c1)C(C)(C)C(C)(C)C(C)(C)c1ccccc1-2.[Ir]. The number of aromatic nitrogens is 2. The summed E-state index contributed by atoms with van der Waals surface area (Å²) in [5.74, 6) is -0.278. The Morgan fingerprint density at radius 3 is 2.09 bits per heavy atom. The van der Waals surface area contributed by atoms with Crippen molar-refractivity contribution in [2.75, 3.05) is 0 Å². The molecule has 0 N–H and O–H groups in total. The van der Waals surface area contributed by atoms with Crippen LogP contribution in [0, 0.1) is 30.2 Å². The molecule has 67 heavy (non-hydrogen) atoms. The third-order valence-electron chi connectivity index (χ3n) is 15.2. The van der Waals surface area contributed by atoms with Gasteiger partial charge < -0.3 is 14.4 Å². The first-order valence-electron chi connectivity index (χ1n) is 24.2. The van der Waals surface area contributed by atoms with Gasteiger partial charge in [0.25, 0.3) is 0 Å². The van der Waals surface area contributed by atoms with Gasteiger partial charge in [0.15, 0.2) is 0 Å². The van der Waals surface area contributed by atoms with Crippen molar-refractivity contribution in [3.05, 3.63) is 192 Å². The van der Waals surface area contributed by atoms with Crippen molar-refractivity contribution >= 4 is 43.5 Å². The molecule has 0 saturated heterocycles. The monoisotopic (exact) mass is 1060 g/mol. The molecule has 0 saturated carbocycles. The van der Waals surface area contributed by atoms with Crippen molar-refractivity contribution in [3.63, 3.8) is 0 Å². The molecule has 1 radical (unpaired) electrons. The minimum absolute atomic E-state index is 0. The van der Waals surface area contributed by atoms with Crippen LogP contribution in [-0.4, -0.2) is 9.97 Å². The molecule has 0 unspecified atom stereocenters. The van der Waals surface area contributed by atoms with Gasteiger partial charge in [0, 0.05) is 47.8 Å². The third kappa shape index (κ3) is 7.71. The average Bonchev–Trinajstić information content (AvgIpc) is 3.69. The van der Waals surface area contributed by atoms with E-state index in [1.54, 1.807) is 6.07 Å². The Morgan fingerprint density at radius 1 is 0.612 bits per heavy atom. The maximum atomic E-state index is 12.8. The first kappa shape index (κ1) is 42.1. The minimum Gasteiger partial charge on any atom is -0.501 e. The van der Waals surface area contributed by atoms with Gasteiger partial charge >= 0.3 is 0 Å². The molecule has 10 aromatic rings. The van der Waals surface area contributed by atoms with Crippen molar-refractivity contribution in [2.45, 2.75) is 85.4 Å². The average molecular weight is 1060 g/mol. The second kappa shape index (κ2) is 16.8. The van der Waals surface area contributed by atoms with Crippen LogP contribution < -0.4 is 0 Å². The Bertz CT molecular complexity index is 3620. The molecule has 337 valence electrons. The van der Waals surface area contributed by atoms with E-state index in [0.29, 0.717) is 22.4 Å². The number of aryl methyl sites for hydroxylation is 1. The molecule has 11 rings (SSSR count). The maximum Gasteiger partial charge on any atom is 0.121 e. The summed E-state index contributed by atoms with van der Waals surface area (Å²) in [4.78, 5) is 9.16. The van der Waals surface area contributed by atoms with Gasteiger partial charge in [0.2, 0.25) is 0 Å². The van der Waals surface area contributed by atoms with Gasteiger partial charge in [-0.3, -0.25) is 4.39 Å². The van der Waals surface area contributed by atoms with Gasteiger partial charge in [-0.25, -0.2) is 0 Å². The van der Waals surface area contributed by atoms with Crippen LogP contribution in [0.1, 0.15) is 88.7 Å². The molecule has 7 aromatic carbocycles. The van der Waals surface area contributed by atoms with Crippen LogP contribution in [0.3, 0.4) is 0 Å². The quantitative estimate of drug-likeness (QED) is 0.131. The molecule has 3 aromatic heterocycles. The van der Waals surface area contributed by atoms with E-state index in [2.05, 4.69) is 176 Å². The third-order valence-corrected chi connectivity index (χ3v) is 15.2. The molecular weight excluding hydrogens is 1000 g/mol. The van der Waals surface area contributed by atoms with Crippen molar-refractivity contribution < 1.29 is 33.0 Å². The number of fused-ring (bicyclic) bond motifs is 9. The summed E-state index contributed by atoms with van der Waals surface area (Å²) in [6, 6.07) is 52.8. The van der Waals surface area contributed by atoms with E-state index in [9.17, 15) is 4.39 Å². The smallest absolute Gasteiger partial charge is 0.121 e. The number of hydrogen-bond donors (Lipinski definition) is 0. The molecule has 0 aliphatic heterocycles. The van der Waals surface area contributed by atoms with E-state index >= 15 is 0 Å². The number of furan rings is 1. The summed E-state index contributed by atoms with van der Waals surface area (Å²) in [6.45, 7) is 18.2. The van der Waals surface area contributed by atoms with Gasteiger partial charge in [-0.05, 0) is 124 Å². The fourth-order valence-electron chi connectivity index (χ4n) is 10.0. The van der Waals surface area contributed by atoms with Crippen molar-refractivity contribution in [3.8, 4) is 44.8 Å². The van der Waals surface area contributed by atoms with Gasteiger partial charge in [-0.1, -0.05) is 164 Å². The largest absolute Gasteiger partial charge is 0.501 e. The molecule has 1 aliphatic rings. The summed E-state index contributed by atoms with van der Waals surface area (Å²) in [5, 5.41) is 6.64. The summed E-state index contributed by atoms with van der Waals surface area (Å²) < 4.78 is 45.1. The molecule has 0 atom stereocenters. The Morgan fingerprint density at radius 2 is 1.34 bits per heavy atom. The van der Waals surface area contributed by atoms with E-state index in [1.165, 1.54) is 56.9 Å². The van der Waals surface area contributed by atoms with Gasteiger partial charge in [-0.15, -0.1) is 48.0 Å². The second-order valence-corrected chi connectivity index (χ2v) is 20.5. The standard InChI is InChI=1S/C47H40NO.C15H15FN.Ir/c1-28-27-48-42(36-17-12-16-35-39-23-30-20-19-29-13-8-9-14-32(29)38(30)26-43(39)49-44(35)36)25-37(28)31-21-22-34-33-15-10-11-18-40(33)45(2,3)47(6,7)46(4,5)41(34)24-31;1-15(2,3)12-6-9-14(17-10-12)11-4-7-13(16)8-5-11;/h8-16,18-27H,1-7H3;4,6-10H,1-3H3;/q2*-1;/i1D3;;. The Labute approximate surface area is 412 Å². The van der Waals surface area contributed by atoms with E-state index in [-0.39, 0.29) is 53.1 Å². The molecule has 5 heteroatoms. The van der Waals surface area contributed by atoms with Crippen LogP contribution in [0.5, 0.6) is 0 Å². The number of halogens is 1. The van der Waals surface area contributed by atoms with E-state index < -0.39 is 6.85 Å². The van der Waals surface area contributed by atoms with E-state index in [4.69, 9.17) is 13.5 Å². The molecular formula is C62H55FIrN2O-2. The van der Waals surface area contributed by atoms with Crippen LogP contribution in [0.15, 0.2) is 156 Å². The van der Waals surface area contributed by atoms with Crippen molar-refractivity contribution in [2.24, 2.45) is 5.41 Å². The zero-order valence-electron chi connectivity index (χ0n) is 42.4. The normalized spacial score (nSPS) is 15.6. The molecule has 0 bridgehead atoms. The second-order valence-electron chi connectivity index (χ2n) is 20.5. The molecule has 3 heterocycles. The van der Waals surface area contributed by atoms with Crippen LogP contribution >= 0.6 is 0 Å². The van der Waals surface area contributed by atoms with Crippen LogP contribution in [0.25, 0.3) is 88.3 Å². The predicted octanol–water partition coefficient (Wildman–Crippen LogP) is 17.0. The predicted molar refractivity (Wildman–Crippen MR) is 273 cm³/mol. The van der Waals surface area contributed by atoms with Crippen LogP contribution in [0.4, 0.5) is 4.39 Å². The number of pyridine rings is 2. The van der Waals surface area contributed by atoms with Gasteiger partial charge in [0.1, 0.15) is 5.58 Å². The summed E-state index contributed by atoms with van der Waals surface area (Å²) in [7, 11) is 0. The fourth-order valence-corrected chi connectivity index (χ4v) is 10.0. The number of benzene rings is 7. The Balaban J connectivity index is 0.000000286. The molecule has 3 nitrogen and oxygen atoms in total. The number of rotatable bonds is 3. The summed E-state index contributed by atoms with van der Waals surface area (Å²) >= 11 is 0. The van der Waals surface area contributed by atoms with Crippen LogP contribution in [-0.2, 0) is 36.4 Å². The zero-order valence-corrected chi connectivity index (χ0v) is 41.8. The topological polar surface area (TPSA) is 38.9 Å². The van der Waals surface area contributed by atoms with E-state index in [0.717, 1.165) is 43.9 Å². The van der Waals surface area contributed by atoms with Crippen molar-refractivity contribution in [1.82, 2.24) is 9.97 Å². The fraction of sp³-hybridized carbons (Fsp3) is 0.226. The Kier molecular flexibility index (Phi) is 10.6. The molecule has 0 amide bonds. The molecule has 0 spiro atoms. The number of hydrogen-bond acceptors (Lipinski definition) is 3. The summed E-state index contributed by atoms with van der Waals surface area (Å²) in [5.41, 5.74) is 11.8. The molecule has 0 fully saturated rings. The maximum absolute atomic E-state index is 12.8. The minimum atomic E-state index is -2.37. The van der Waals surface area contributed by atoms with Crippen LogP contribution in [0.2, 0.25) is 0 Å². The van der Waals surface area contributed by atoms with Gasteiger partial charge in [-0.2, -0.15) is 0 Å². The first-order chi connectivity index (χ1) is 32.6. The summed E-state index contributed by atoms with van der Waals surface area (Å²) in [6.07, 6.45) is 3.39. The number of nitrogens with zero attached hydrogens (tertiary/aromatic N) is 2. The van der Waals surface area contributed by atoms with Crippen molar-refractivity contribution in [1.29, 1.82) is 0 Å². The first-order valence-corrected chi connectivity index (χ1v) is 22.7. The zero-order chi connectivity index (χ0) is 48.8. The molecule has 1 aliphatic carbocycles.